The lowest BCUT2D eigenvalue weighted by atomic mass is 10.1. The van der Waals surface area contributed by atoms with Gasteiger partial charge in [0.05, 0.1) is 22.9 Å². The van der Waals surface area contributed by atoms with Crippen LogP contribution in [0.15, 0.2) is 36.8 Å². The molecule has 2 heterocycles. The highest BCUT2D eigenvalue weighted by molar-refractivity contribution is 5.96. The van der Waals surface area contributed by atoms with Crippen molar-refractivity contribution in [1.82, 2.24) is 19.7 Å². The number of pyridine rings is 1. The Morgan fingerprint density at radius 2 is 2.15 bits per heavy atom. The van der Waals surface area contributed by atoms with Crippen molar-refractivity contribution < 1.29 is 0 Å². The molecule has 0 fully saturated rings. The van der Waals surface area contributed by atoms with Crippen molar-refractivity contribution in [2.45, 2.75) is 13.0 Å². The Balaban J connectivity index is 1.95. The second kappa shape index (κ2) is 4.80. The maximum Gasteiger partial charge on any atom is 0.154 e. The van der Waals surface area contributed by atoms with Crippen molar-refractivity contribution in [3.8, 4) is 0 Å². The fraction of sp³-hybridized carbons (Fsp3) is 0.214. The summed E-state index contributed by atoms with van der Waals surface area (Å²) in [7, 11) is 1.92. The van der Waals surface area contributed by atoms with E-state index in [4.69, 9.17) is 5.73 Å². The summed E-state index contributed by atoms with van der Waals surface area (Å²) in [5, 5.41) is 12.3. The molecule has 3 aromatic rings. The van der Waals surface area contributed by atoms with Crippen LogP contribution in [0, 0.1) is 0 Å². The molecule has 0 spiro atoms. The standard InChI is InChI=1S/C14H16N6/c1-9(14-19-17-8-20(14)2)18-12-6-5-11-10(13(12)15)4-3-7-16-11/h3-9,18H,15H2,1-2H3. The van der Waals surface area contributed by atoms with Crippen LogP contribution in [-0.2, 0) is 7.05 Å². The summed E-state index contributed by atoms with van der Waals surface area (Å²) in [4.78, 5) is 4.29. The molecule has 0 aliphatic rings. The number of rotatable bonds is 3. The molecule has 3 N–H and O–H groups in total. The first-order valence-electron chi connectivity index (χ1n) is 6.40. The van der Waals surface area contributed by atoms with Crippen molar-refractivity contribution in [2.75, 3.05) is 11.1 Å². The van der Waals surface area contributed by atoms with Crippen LogP contribution in [0.25, 0.3) is 10.9 Å². The quantitative estimate of drug-likeness (QED) is 0.711. The predicted molar refractivity (Wildman–Crippen MR) is 79.2 cm³/mol. The van der Waals surface area contributed by atoms with E-state index >= 15 is 0 Å². The lowest BCUT2D eigenvalue weighted by Gasteiger charge is -2.16. The van der Waals surface area contributed by atoms with Gasteiger partial charge in [-0.25, -0.2) is 0 Å². The highest BCUT2D eigenvalue weighted by Crippen LogP contribution is 2.29. The molecule has 1 aromatic carbocycles. The van der Waals surface area contributed by atoms with E-state index < -0.39 is 0 Å². The Kier molecular flexibility index (Phi) is 2.98. The number of benzene rings is 1. The van der Waals surface area contributed by atoms with Gasteiger partial charge in [0, 0.05) is 18.6 Å². The largest absolute Gasteiger partial charge is 0.397 e. The molecule has 0 aliphatic carbocycles. The van der Waals surface area contributed by atoms with E-state index in [9.17, 15) is 0 Å². The summed E-state index contributed by atoms with van der Waals surface area (Å²) in [5.41, 5.74) is 8.68. The molecule has 0 bridgehead atoms. The lowest BCUT2D eigenvalue weighted by molar-refractivity contribution is 0.720. The number of anilines is 2. The average Bonchev–Trinajstić information content (AvgIpc) is 2.88. The van der Waals surface area contributed by atoms with Crippen LogP contribution in [0.5, 0.6) is 0 Å². The SMILES string of the molecule is CC(Nc1ccc2ncccc2c1N)c1nncn1C. The highest BCUT2D eigenvalue weighted by atomic mass is 15.3. The zero-order chi connectivity index (χ0) is 14.1. The topological polar surface area (TPSA) is 81.7 Å². The summed E-state index contributed by atoms with van der Waals surface area (Å²) in [6.45, 7) is 2.02. The van der Waals surface area contributed by atoms with Gasteiger partial charge in [-0.05, 0) is 31.2 Å². The van der Waals surface area contributed by atoms with E-state index in [0.29, 0.717) is 5.69 Å². The van der Waals surface area contributed by atoms with Gasteiger partial charge in [0.2, 0.25) is 0 Å². The third-order valence-corrected chi connectivity index (χ3v) is 3.33. The van der Waals surface area contributed by atoms with E-state index in [1.807, 2.05) is 42.8 Å². The lowest BCUT2D eigenvalue weighted by Crippen LogP contribution is -2.13. The van der Waals surface area contributed by atoms with Crippen molar-refractivity contribution in [1.29, 1.82) is 0 Å². The molecule has 0 aliphatic heterocycles. The number of nitrogens with zero attached hydrogens (tertiary/aromatic N) is 4. The normalized spacial score (nSPS) is 12.5. The fourth-order valence-electron chi connectivity index (χ4n) is 2.28. The summed E-state index contributed by atoms with van der Waals surface area (Å²) in [6, 6.07) is 7.76. The first-order chi connectivity index (χ1) is 9.66. The van der Waals surface area contributed by atoms with Crippen LogP contribution >= 0.6 is 0 Å². The Hall–Kier alpha value is -2.63. The Labute approximate surface area is 116 Å². The predicted octanol–water partition coefficient (Wildman–Crippen LogP) is 2.12. The smallest absolute Gasteiger partial charge is 0.154 e. The minimum absolute atomic E-state index is 0.0129. The number of nitrogens with two attached hydrogens (primary N) is 1. The Morgan fingerprint density at radius 3 is 2.90 bits per heavy atom. The molecule has 2 aromatic heterocycles. The Bertz CT molecular complexity index is 748. The summed E-state index contributed by atoms with van der Waals surface area (Å²) >= 11 is 0. The minimum atomic E-state index is 0.0129. The monoisotopic (exact) mass is 268 g/mol. The minimum Gasteiger partial charge on any atom is -0.397 e. The maximum absolute atomic E-state index is 6.21. The maximum atomic E-state index is 6.21. The third-order valence-electron chi connectivity index (χ3n) is 3.33. The average molecular weight is 268 g/mol. The van der Waals surface area contributed by atoms with Crippen molar-refractivity contribution in [2.24, 2.45) is 7.05 Å². The van der Waals surface area contributed by atoms with Crippen LogP contribution in [0.2, 0.25) is 0 Å². The number of aromatic nitrogens is 4. The van der Waals surface area contributed by atoms with Crippen molar-refractivity contribution >= 4 is 22.3 Å². The molecule has 20 heavy (non-hydrogen) atoms. The van der Waals surface area contributed by atoms with Gasteiger partial charge in [0.15, 0.2) is 5.82 Å². The van der Waals surface area contributed by atoms with E-state index in [0.717, 1.165) is 22.4 Å². The van der Waals surface area contributed by atoms with Gasteiger partial charge >= 0.3 is 0 Å². The van der Waals surface area contributed by atoms with E-state index in [1.165, 1.54) is 0 Å². The molecule has 3 rings (SSSR count). The molecule has 0 amide bonds. The fourth-order valence-corrected chi connectivity index (χ4v) is 2.28. The number of hydrogen-bond donors (Lipinski definition) is 2. The summed E-state index contributed by atoms with van der Waals surface area (Å²) in [5.74, 6) is 0.857. The van der Waals surface area contributed by atoms with Gasteiger partial charge in [-0.1, -0.05) is 0 Å². The second-order valence-electron chi connectivity index (χ2n) is 4.76. The third kappa shape index (κ3) is 2.05. The van der Waals surface area contributed by atoms with Crippen molar-refractivity contribution in [3.05, 3.63) is 42.6 Å². The Morgan fingerprint density at radius 1 is 1.30 bits per heavy atom. The van der Waals surface area contributed by atoms with Gasteiger partial charge in [-0.3, -0.25) is 4.98 Å². The molecule has 1 atom stereocenters. The number of fused-ring (bicyclic) bond motifs is 1. The molecule has 0 saturated carbocycles. The van der Waals surface area contributed by atoms with Gasteiger partial charge in [-0.2, -0.15) is 0 Å². The molecule has 6 nitrogen and oxygen atoms in total. The molecular formula is C14H16N6. The molecule has 1 unspecified atom stereocenters. The van der Waals surface area contributed by atoms with Gasteiger partial charge in [-0.15, -0.1) is 10.2 Å². The van der Waals surface area contributed by atoms with E-state index in [1.54, 1.807) is 12.5 Å². The molecule has 102 valence electrons. The first-order valence-corrected chi connectivity index (χ1v) is 6.40. The highest BCUT2D eigenvalue weighted by Gasteiger charge is 2.13. The van der Waals surface area contributed by atoms with Crippen molar-refractivity contribution in [3.63, 3.8) is 0 Å². The molecular weight excluding hydrogens is 252 g/mol. The summed E-state index contributed by atoms with van der Waals surface area (Å²) < 4.78 is 1.89. The van der Waals surface area contributed by atoms with Gasteiger partial charge in [0.1, 0.15) is 6.33 Å². The van der Waals surface area contributed by atoms with Gasteiger partial charge < -0.3 is 15.6 Å². The number of hydrogen-bond acceptors (Lipinski definition) is 5. The van der Waals surface area contributed by atoms with Crippen LogP contribution in [0.3, 0.4) is 0 Å². The second-order valence-corrected chi connectivity index (χ2v) is 4.76. The molecule has 6 heteroatoms. The first kappa shape index (κ1) is 12.4. The van der Waals surface area contributed by atoms with Crippen LogP contribution < -0.4 is 11.1 Å². The van der Waals surface area contributed by atoms with Crippen LogP contribution in [0.1, 0.15) is 18.8 Å². The number of aryl methyl sites for hydroxylation is 1. The molecule has 0 saturated heterocycles. The summed E-state index contributed by atoms with van der Waals surface area (Å²) in [6.07, 6.45) is 3.44. The number of nitrogens with one attached hydrogen (secondary N) is 1. The molecule has 0 radical (unpaired) electrons. The van der Waals surface area contributed by atoms with Crippen LogP contribution in [0.4, 0.5) is 11.4 Å². The van der Waals surface area contributed by atoms with E-state index in [2.05, 4.69) is 20.5 Å². The van der Waals surface area contributed by atoms with E-state index in [-0.39, 0.29) is 6.04 Å². The van der Waals surface area contributed by atoms with Crippen LogP contribution in [-0.4, -0.2) is 19.7 Å². The number of nitrogen functional groups attached to an aromatic ring is 1. The zero-order valence-corrected chi connectivity index (χ0v) is 11.4. The van der Waals surface area contributed by atoms with Gasteiger partial charge in [0.25, 0.3) is 0 Å². The zero-order valence-electron chi connectivity index (χ0n) is 11.4.